The highest BCUT2D eigenvalue weighted by Crippen LogP contribution is 2.28. The van der Waals surface area contributed by atoms with Gasteiger partial charge in [-0.3, -0.25) is 0 Å². The van der Waals surface area contributed by atoms with E-state index in [0.717, 1.165) is 15.4 Å². The summed E-state index contributed by atoms with van der Waals surface area (Å²) in [6, 6.07) is 4.50. The molecule has 0 amide bonds. The molecule has 110 valence electrons. The molecule has 1 aromatic heterocycles. The van der Waals surface area contributed by atoms with Crippen LogP contribution in [0.25, 0.3) is 10.9 Å². The molecule has 2 aromatic rings. The average Bonchev–Trinajstić information content (AvgIpc) is 2.80. The summed E-state index contributed by atoms with van der Waals surface area (Å²) in [5, 5.41) is 0.786. The maximum Gasteiger partial charge on any atom is 0.342 e. The normalized spacial score (nSPS) is 13.6. The number of carbonyl (C=O) groups excluding carboxylic acids is 1. The number of benzene rings is 1. The lowest BCUT2D eigenvalue weighted by Crippen LogP contribution is -2.31. The first-order chi connectivity index (χ1) is 9.04. The van der Waals surface area contributed by atoms with Gasteiger partial charge in [0.05, 0.1) is 12.6 Å². The van der Waals surface area contributed by atoms with Crippen molar-refractivity contribution in [3.8, 4) is 0 Å². The van der Waals surface area contributed by atoms with Crippen LogP contribution in [0, 0.1) is 0 Å². The SMILES string of the molecule is CCOC(=O)C(F)[C@@H](N)c1c[nH]c2ccc(Br)cc12.Cl. The largest absolute Gasteiger partial charge is 0.464 e. The van der Waals surface area contributed by atoms with Crippen molar-refractivity contribution in [2.45, 2.75) is 19.1 Å². The Morgan fingerprint density at radius 2 is 2.25 bits per heavy atom. The molecule has 0 aliphatic carbocycles. The van der Waals surface area contributed by atoms with Gasteiger partial charge >= 0.3 is 5.97 Å². The van der Waals surface area contributed by atoms with Crippen LogP contribution in [0.1, 0.15) is 18.5 Å². The second-order valence-electron chi connectivity index (χ2n) is 4.11. The molecule has 0 fully saturated rings. The van der Waals surface area contributed by atoms with Crippen LogP contribution in [-0.2, 0) is 9.53 Å². The van der Waals surface area contributed by atoms with Gasteiger partial charge in [0.15, 0.2) is 0 Å². The summed E-state index contributed by atoms with van der Waals surface area (Å²) in [5.74, 6) is -0.931. The Bertz CT molecular complexity index is 605. The van der Waals surface area contributed by atoms with Crippen molar-refractivity contribution in [2.24, 2.45) is 5.73 Å². The maximum absolute atomic E-state index is 13.9. The Hall–Kier alpha value is -1.11. The summed E-state index contributed by atoms with van der Waals surface area (Å²) in [4.78, 5) is 14.4. The number of esters is 1. The molecule has 0 saturated heterocycles. The van der Waals surface area contributed by atoms with E-state index in [1.165, 1.54) is 0 Å². The van der Waals surface area contributed by atoms with Gasteiger partial charge in [-0.2, -0.15) is 0 Å². The number of rotatable bonds is 4. The van der Waals surface area contributed by atoms with Gasteiger partial charge < -0.3 is 15.5 Å². The smallest absolute Gasteiger partial charge is 0.342 e. The van der Waals surface area contributed by atoms with Crippen LogP contribution in [0.4, 0.5) is 4.39 Å². The predicted octanol–water partition coefficient (Wildman–Crippen LogP) is 3.25. The van der Waals surface area contributed by atoms with Gasteiger partial charge in [-0.1, -0.05) is 15.9 Å². The zero-order valence-electron chi connectivity index (χ0n) is 10.7. The number of nitrogens with one attached hydrogen (secondary N) is 1. The number of hydrogen-bond donors (Lipinski definition) is 2. The van der Waals surface area contributed by atoms with E-state index in [9.17, 15) is 9.18 Å². The van der Waals surface area contributed by atoms with Gasteiger partial charge in [-0.15, -0.1) is 12.4 Å². The molecule has 0 saturated carbocycles. The molecule has 1 aromatic carbocycles. The van der Waals surface area contributed by atoms with Gasteiger partial charge in [0.2, 0.25) is 6.17 Å². The number of halogens is 3. The lowest BCUT2D eigenvalue weighted by atomic mass is 10.0. The Balaban J connectivity index is 0.00000200. The fourth-order valence-electron chi connectivity index (χ4n) is 1.92. The van der Waals surface area contributed by atoms with Crippen molar-refractivity contribution in [1.29, 1.82) is 0 Å². The summed E-state index contributed by atoms with van der Waals surface area (Å²) < 4.78 is 19.4. The van der Waals surface area contributed by atoms with E-state index in [1.54, 1.807) is 13.1 Å². The van der Waals surface area contributed by atoms with Crippen molar-refractivity contribution in [2.75, 3.05) is 6.61 Å². The molecule has 3 N–H and O–H groups in total. The number of aromatic nitrogens is 1. The summed E-state index contributed by atoms with van der Waals surface area (Å²) >= 11 is 3.35. The first-order valence-electron chi connectivity index (χ1n) is 5.87. The van der Waals surface area contributed by atoms with Crippen LogP contribution in [0.15, 0.2) is 28.9 Å². The number of alkyl halides is 1. The van der Waals surface area contributed by atoms with Crippen molar-refractivity contribution in [3.63, 3.8) is 0 Å². The summed E-state index contributed by atoms with van der Waals surface area (Å²) in [6.45, 7) is 1.75. The second kappa shape index (κ2) is 7.06. The number of carbonyl (C=O) groups is 1. The van der Waals surface area contributed by atoms with Gasteiger partial charge in [0, 0.05) is 21.6 Å². The van der Waals surface area contributed by atoms with Crippen LogP contribution in [0.5, 0.6) is 0 Å². The van der Waals surface area contributed by atoms with E-state index in [1.807, 2.05) is 18.2 Å². The second-order valence-corrected chi connectivity index (χ2v) is 5.03. The molecule has 4 nitrogen and oxygen atoms in total. The minimum atomic E-state index is -1.88. The number of nitrogens with two attached hydrogens (primary N) is 1. The number of fused-ring (bicyclic) bond motifs is 1. The van der Waals surface area contributed by atoms with Gasteiger partial charge in [0.1, 0.15) is 0 Å². The standard InChI is InChI=1S/C13H14BrFN2O2.ClH/c1-2-19-13(18)11(15)12(16)9-6-17-10-4-3-7(14)5-8(9)10;/h3-6,11-12,17H,2,16H2,1H3;1H/t11?,12-;/m0./s1. The lowest BCUT2D eigenvalue weighted by Gasteiger charge is -2.15. The zero-order valence-corrected chi connectivity index (χ0v) is 13.1. The topological polar surface area (TPSA) is 68.1 Å². The fraction of sp³-hybridized carbons (Fsp3) is 0.308. The van der Waals surface area contributed by atoms with Gasteiger partial charge in [-0.25, -0.2) is 9.18 Å². The summed E-state index contributed by atoms with van der Waals surface area (Å²) in [6.07, 6.45) is -0.258. The first kappa shape index (κ1) is 16.9. The Labute approximate surface area is 130 Å². The minimum absolute atomic E-state index is 0. The monoisotopic (exact) mass is 364 g/mol. The predicted molar refractivity (Wildman–Crippen MR) is 81.7 cm³/mol. The van der Waals surface area contributed by atoms with E-state index in [2.05, 4.69) is 25.7 Å². The molecule has 1 unspecified atom stereocenters. The number of ether oxygens (including phenoxy) is 1. The van der Waals surface area contributed by atoms with Crippen molar-refractivity contribution in [1.82, 2.24) is 4.98 Å². The molecule has 20 heavy (non-hydrogen) atoms. The Morgan fingerprint density at radius 1 is 1.55 bits per heavy atom. The van der Waals surface area contributed by atoms with Gasteiger partial charge in [-0.05, 0) is 30.7 Å². The summed E-state index contributed by atoms with van der Waals surface area (Å²) in [7, 11) is 0. The van der Waals surface area contributed by atoms with Crippen LogP contribution in [0.2, 0.25) is 0 Å². The summed E-state index contributed by atoms with van der Waals surface area (Å²) in [5.41, 5.74) is 7.21. The van der Waals surface area contributed by atoms with Crippen LogP contribution < -0.4 is 5.73 Å². The zero-order chi connectivity index (χ0) is 14.0. The molecule has 2 atom stereocenters. The molecule has 7 heteroatoms. The van der Waals surface area contributed by atoms with Crippen LogP contribution >= 0.6 is 28.3 Å². The Morgan fingerprint density at radius 3 is 2.90 bits per heavy atom. The van der Waals surface area contributed by atoms with E-state index >= 15 is 0 Å². The quantitative estimate of drug-likeness (QED) is 0.817. The highest BCUT2D eigenvalue weighted by molar-refractivity contribution is 9.10. The molecule has 0 bridgehead atoms. The molecule has 0 spiro atoms. The highest BCUT2D eigenvalue weighted by Gasteiger charge is 2.29. The third-order valence-corrected chi connectivity index (χ3v) is 3.36. The number of aromatic amines is 1. The van der Waals surface area contributed by atoms with Crippen LogP contribution in [0.3, 0.4) is 0 Å². The minimum Gasteiger partial charge on any atom is -0.464 e. The highest BCUT2D eigenvalue weighted by atomic mass is 79.9. The number of hydrogen-bond acceptors (Lipinski definition) is 3. The number of H-pyrrole nitrogens is 1. The molecule has 2 rings (SSSR count). The fourth-order valence-corrected chi connectivity index (χ4v) is 2.28. The average molecular weight is 366 g/mol. The molecule has 1 heterocycles. The third kappa shape index (κ3) is 3.31. The van der Waals surface area contributed by atoms with Crippen molar-refractivity contribution in [3.05, 3.63) is 34.4 Å². The molecular weight excluding hydrogens is 351 g/mol. The lowest BCUT2D eigenvalue weighted by molar-refractivity contribution is -0.149. The molecule has 0 aliphatic heterocycles. The Kier molecular flexibility index (Phi) is 5.98. The molecule has 0 radical (unpaired) electrons. The maximum atomic E-state index is 13.9. The molecule has 0 aliphatic rings. The molecular formula is C13H15BrClFN2O2. The van der Waals surface area contributed by atoms with E-state index in [-0.39, 0.29) is 19.0 Å². The first-order valence-corrected chi connectivity index (χ1v) is 6.66. The van der Waals surface area contributed by atoms with E-state index in [0.29, 0.717) is 5.56 Å². The third-order valence-electron chi connectivity index (χ3n) is 2.86. The van der Waals surface area contributed by atoms with Gasteiger partial charge in [0.25, 0.3) is 0 Å². The van der Waals surface area contributed by atoms with Crippen LogP contribution in [-0.4, -0.2) is 23.7 Å². The van der Waals surface area contributed by atoms with E-state index < -0.39 is 18.2 Å². The van der Waals surface area contributed by atoms with Crippen molar-refractivity contribution < 1.29 is 13.9 Å². The van der Waals surface area contributed by atoms with Crippen molar-refractivity contribution >= 4 is 45.2 Å². The van der Waals surface area contributed by atoms with E-state index in [4.69, 9.17) is 5.73 Å².